The third kappa shape index (κ3) is 2.38. The molecule has 0 fully saturated rings. The fourth-order valence-corrected chi connectivity index (χ4v) is 2.69. The van der Waals surface area contributed by atoms with Gasteiger partial charge in [-0.3, -0.25) is 9.55 Å². The van der Waals surface area contributed by atoms with E-state index in [-0.39, 0.29) is 0 Å². The number of rotatable bonds is 3. The number of pyridine rings is 1. The highest BCUT2D eigenvalue weighted by atomic mass is 79.9. The lowest BCUT2D eigenvalue weighted by Crippen LogP contribution is -2.02. The van der Waals surface area contributed by atoms with E-state index in [4.69, 9.17) is 11.6 Å². The van der Waals surface area contributed by atoms with Gasteiger partial charge in [0, 0.05) is 28.7 Å². The van der Waals surface area contributed by atoms with E-state index < -0.39 is 0 Å². The van der Waals surface area contributed by atoms with Gasteiger partial charge in [0.05, 0.1) is 11.7 Å². The van der Waals surface area contributed by atoms with E-state index in [1.165, 1.54) is 0 Å². The normalized spacial score (nSPS) is 11.1. The largest absolute Gasteiger partial charge is 0.296 e. The van der Waals surface area contributed by atoms with Gasteiger partial charge in [-0.25, -0.2) is 4.98 Å². The Morgan fingerprint density at radius 2 is 2.16 bits per heavy atom. The summed E-state index contributed by atoms with van der Waals surface area (Å²) in [6, 6.07) is 10.1. The van der Waals surface area contributed by atoms with Gasteiger partial charge >= 0.3 is 0 Å². The van der Waals surface area contributed by atoms with Crippen molar-refractivity contribution in [1.29, 1.82) is 0 Å². The molecule has 0 amide bonds. The third-order valence-corrected chi connectivity index (χ3v) is 3.59. The fourth-order valence-electron chi connectivity index (χ4n) is 2.14. The van der Waals surface area contributed by atoms with E-state index in [1.54, 1.807) is 12.4 Å². The Labute approximate surface area is 124 Å². The van der Waals surface area contributed by atoms with Crippen LogP contribution in [0.4, 0.5) is 0 Å². The van der Waals surface area contributed by atoms with Crippen LogP contribution in [0.1, 0.15) is 5.82 Å². The summed E-state index contributed by atoms with van der Waals surface area (Å²) < 4.78 is 3.17. The number of nitrogens with zero attached hydrogens (tertiary/aromatic N) is 3. The molecule has 19 heavy (non-hydrogen) atoms. The van der Waals surface area contributed by atoms with Crippen LogP contribution in [-0.2, 0) is 6.42 Å². The Bertz CT molecular complexity index is 724. The smallest absolute Gasteiger partial charge is 0.115 e. The number of benzene rings is 1. The van der Waals surface area contributed by atoms with E-state index in [0.29, 0.717) is 5.88 Å². The zero-order valence-corrected chi connectivity index (χ0v) is 12.4. The van der Waals surface area contributed by atoms with E-state index in [0.717, 1.165) is 33.4 Å². The fraction of sp³-hybridized carbons (Fsp3) is 0.143. The minimum Gasteiger partial charge on any atom is -0.296 e. The van der Waals surface area contributed by atoms with Gasteiger partial charge < -0.3 is 0 Å². The summed E-state index contributed by atoms with van der Waals surface area (Å²) in [6.45, 7) is 0. The van der Waals surface area contributed by atoms with E-state index in [2.05, 4.69) is 42.6 Å². The molecule has 0 saturated heterocycles. The minimum absolute atomic E-state index is 0.546. The quantitative estimate of drug-likeness (QED) is 0.678. The van der Waals surface area contributed by atoms with Crippen molar-refractivity contribution in [3.63, 3.8) is 0 Å². The van der Waals surface area contributed by atoms with Crippen LogP contribution in [0, 0.1) is 0 Å². The molecular weight excluding hydrogens is 326 g/mol. The van der Waals surface area contributed by atoms with Crippen LogP contribution in [0.2, 0.25) is 0 Å². The molecule has 0 unspecified atom stereocenters. The van der Waals surface area contributed by atoms with Crippen molar-refractivity contribution < 1.29 is 0 Å². The van der Waals surface area contributed by atoms with Crippen molar-refractivity contribution in [2.45, 2.75) is 6.42 Å². The molecule has 2 heterocycles. The first kappa shape index (κ1) is 12.6. The number of imidazole rings is 1. The molecule has 0 atom stereocenters. The van der Waals surface area contributed by atoms with Crippen molar-refractivity contribution in [2.24, 2.45) is 0 Å². The van der Waals surface area contributed by atoms with Gasteiger partial charge in [-0.15, -0.1) is 11.6 Å². The summed E-state index contributed by atoms with van der Waals surface area (Å²) in [5, 5.41) is 0. The molecular formula is C14H11BrClN3. The van der Waals surface area contributed by atoms with Crippen molar-refractivity contribution in [3.8, 4) is 5.69 Å². The molecule has 96 valence electrons. The molecule has 1 aromatic carbocycles. The topological polar surface area (TPSA) is 30.7 Å². The Kier molecular flexibility index (Phi) is 3.53. The number of alkyl halides is 1. The maximum absolute atomic E-state index is 5.88. The second-order valence-electron chi connectivity index (χ2n) is 4.15. The van der Waals surface area contributed by atoms with Crippen LogP contribution < -0.4 is 0 Å². The van der Waals surface area contributed by atoms with Crippen LogP contribution in [0.3, 0.4) is 0 Å². The Morgan fingerprint density at radius 3 is 2.95 bits per heavy atom. The SMILES string of the molecule is ClCCc1nc2cnccc2n1-c1cccc(Br)c1. The van der Waals surface area contributed by atoms with Crippen LogP contribution in [0.25, 0.3) is 16.7 Å². The van der Waals surface area contributed by atoms with Crippen molar-refractivity contribution in [3.05, 3.63) is 53.0 Å². The highest BCUT2D eigenvalue weighted by molar-refractivity contribution is 9.10. The van der Waals surface area contributed by atoms with Crippen molar-refractivity contribution in [1.82, 2.24) is 14.5 Å². The minimum atomic E-state index is 0.546. The average molecular weight is 337 g/mol. The molecule has 0 radical (unpaired) electrons. The highest BCUT2D eigenvalue weighted by Gasteiger charge is 2.11. The number of hydrogen-bond acceptors (Lipinski definition) is 2. The van der Waals surface area contributed by atoms with E-state index >= 15 is 0 Å². The summed E-state index contributed by atoms with van der Waals surface area (Å²) in [5.41, 5.74) is 3.01. The van der Waals surface area contributed by atoms with E-state index in [9.17, 15) is 0 Å². The molecule has 0 aliphatic heterocycles. The third-order valence-electron chi connectivity index (χ3n) is 2.91. The Hall–Kier alpha value is -1.39. The van der Waals surface area contributed by atoms with Gasteiger partial charge in [0.25, 0.3) is 0 Å². The average Bonchev–Trinajstić information content (AvgIpc) is 2.77. The Morgan fingerprint density at radius 1 is 1.26 bits per heavy atom. The molecule has 0 saturated carbocycles. The number of fused-ring (bicyclic) bond motifs is 1. The number of aryl methyl sites for hydroxylation is 1. The van der Waals surface area contributed by atoms with Gasteiger partial charge in [-0.2, -0.15) is 0 Å². The predicted molar refractivity (Wildman–Crippen MR) is 81.0 cm³/mol. The second kappa shape index (κ2) is 5.31. The molecule has 0 bridgehead atoms. The number of hydrogen-bond donors (Lipinski definition) is 0. The molecule has 2 aromatic heterocycles. The number of aromatic nitrogens is 3. The second-order valence-corrected chi connectivity index (χ2v) is 5.44. The standard InChI is InChI=1S/C14H11BrClN3/c15-10-2-1-3-11(8-10)19-13-5-7-17-9-12(13)18-14(19)4-6-16/h1-3,5,7-9H,4,6H2. The molecule has 0 N–H and O–H groups in total. The molecule has 0 aliphatic carbocycles. The first-order valence-electron chi connectivity index (χ1n) is 5.93. The molecule has 5 heteroatoms. The summed E-state index contributed by atoms with van der Waals surface area (Å²) in [5.74, 6) is 1.50. The first-order valence-corrected chi connectivity index (χ1v) is 7.25. The van der Waals surface area contributed by atoms with Crippen molar-refractivity contribution >= 4 is 38.6 Å². The summed E-state index contributed by atoms with van der Waals surface area (Å²) in [6.07, 6.45) is 4.28. The van der Waals surface area contributed by atoms with Gasteiger partial charge in [0.15, 0.2) is 0 Å². The zero-order valence-electron chi connectivity index (χ0n) is 10.1. The van der Waals surface area contributed by atoms with Gasteiger partial charge in [0.1, 0.15) is 11.3 Å². The van der Waals surface area contributed by atoms with Gasteiger partial charge in [0.2, 0.25) is 0 Å². The zero-order chi connectivity index (χ0) is 13.2. The molecule has 0 spiro atoms. The lowest BCUT2D eigenvalue weighted by molar-refractivity contribution is 0.912. The van der Waals surface area contributed by atoms with Gasteiger partial charge in [-0.05, 0) is 24.3 Å². The van der Waals surface area contributed by atoms with Gasteiger partial charge in [-0.1, -0.05) is 22.0 Å². The lowest BCUT2D eigenvalue weighted by Gasteiger charge is -2.08. The predicted octanol–water partition coefficient (Wildman–Crippen LogP) is 3.96. The highest BCUT2D eigenvalue weighted by Crippen LogP contribution is 2.23. The summed E-state index contributed by atoms with van der Waals surface area (Å²) in [7, 11) is 0. The summed E-state index contributed by atoms with van der Waals surface area (Å²) >= 11 is 9.38. The van der Waals surface area contributed by atoms with Crippen molar-refractivity contribution in [2.75, 3.05) is 5.88 Å². The molecule has 3 aromatic rings. The molecule has 0 aliphatic rings. The van der Waals surface area contributed by atoms with Crippen LogP contribution in [-0.4, -0.2) is 20.4 Å². The maximum atomic E-state index is 5.88. The van der Waals surface area contributed by atoms with Crippen LogP contribution >= 0.6 is 27.5 Å². The first-order chi connectivity index (χ1) is 9.29. The van der Waals surface area contributed by atoms with E-state index in [1.807, 2.05) is 18.2 Å². The Balaban J connectivity index is 2.28. The molecule has 3 rings (SSSR count). The summed E-state index contributed by atoms with van der Waals surface area (Å²) in [4.78, 5) is 8.73. The lowest BCUT2D eigenvalue weighted by atomic mass is 10.3. The molecule has 3 nitrogen and oxygen atoms in total. The monoisotopic (exact) mass is 335 g/mol. The maximum Gasteiger partial charge on any atom is 0.115 e. The number of halogens is 2. The van der Waals surface area contributed by atoms with Crippen LogP contribution in [0.15, 0.2) is 47.2 Å². The van der Waals surface area contributed by atoms with Crippen LogP contribution in [0.5, 0.6) is 0 Å².